The van der Waals surface area contributed by atoms with E-state index >= 15 is 0 Å². The van der Waals surface area contributed by atoms with Gasteiger partial charge in [-0.1, -0.05) is 103 Å². The zero-order valence-electron chi connectivity index (χ0n) is 26.5. The van der Waals surface area contributed by atoms with Crippen LogP contribution in [0.15, 0.2) is 166 Å². The van der Waals surface area contributed by atoms with Gasteiger partial charge in [0, 0.05) is 25.9 Å². The van der Waals surface area contributed by atoms with Crippen LogP contribution in [0.25, 0.3) is 16.8 Å². The summed E-state index contributed by atoms with van der Waals surface area (Å²) in [5.41, 5.74) is 3.62. The second-order valence-corrected chi connectivity index (χ2v) is 13.9. The van der Waals surface area contributed by atoms with Gasteiger partial charge in [0.25, 0.3) is 11.8 Å². The van der Waals surface area contributed by atoms with E-state index in [1.807, 2.05) is 127 Å². The highest BCUT2D eigenvalue weighted by molar-refractivity contribution is 8.00. The highest BCUT2D eigenvalue weighted by atomic mass is 32.2. The number of carbonyl (C=O) groups excluding carboxylic acids is 3. The molecule has 6 nitrogen and oxygen atoms in total. The number of nitrogens with one attached hydrogen (secondary N) is 2. The Labute approximate surface area is 293 Å². The smallest absolute Gasteiger partial charge is 0.272 e. The molecule has 6 aromatic rings. The van der Waals surface area contributed by atoms with Gasteiger partial charge in [-0.2, -0.15) is 0 Å². The molecule has 0 spiro atoms. The van der Waals surface area contributed by atoms with Gasteiger partial charge >= 0.3 is 0 Å². The molecule has 0 saturated carbocycles. The molecular weight excluding hydrogens is 647 g/mol. The van der Waals surface area contributed by atoms with Crippen molar-refractivity contribution >= 4 is 75.2 Å². The van der Waals surface area contributed by atoms with Crippen molar-refractivity contribution in [1.29, 1.82) is 0 Å². The quantitative estimate of drug-likeness (QED) is 0.124. The zero-order valence-corrected chi connectivity index (χ0v) is 28.1. The van der Waals surface area contributed by atoms with Crippen LogP contribution >= 0.6 is 23.5 Å². The van der Waals surface area contributed by atoms with Crippen LogP contribution in [0.3, 0.4) is 0 Å². The first-order valence-corrected chi connectivity index (χ1v) is 17.5. The lowest BCUT2D eigenvalue weighted by Gasteiger charge is -2.32. The van der Waals surface area contributed by atoms with Crippen LogP contribution in [0.2, 0.25) is 0 Å². The van der Waals surface area contributed by atoms with Crippen molar-refractivity contribution in [1.82, 2.24) is 5.32 Å². The van der Waals surface area contributed by atoms with Gasteiger partial charge in [-0.25, -0.2) is 0 Å². The van der Waals surface area contributed by atoms with Gasteiger partial charge in [-0.05, 0) is 83.9 Å². The van der Waals surface area contributed by atoms with Crippen LogP contribution < -0.4 is 15.5 Å². The number of thioether (sulfide) groups is 1. The molecule has 8 heteroatoms. The molecule has 0 aliphatic carbocycles. The van der Waals surface area contributed by atoms with Crippen molar-refractivity contribution in [2.45, 2.75) is 26.9 Å². The molecule has 3 amide bonds. The van der Waals surface area contributed by atoms with E-state index in [2.05, 4.69) is 10.6 Å². The second-order valence-electron chi connectivity index (χ2n) is 11.4. The van der Waals surface area contributed by atoms with Crippen LogP contribution in [0, 0.1) is 0 Å². The minimum atomic E-state index is -0.470. The molecule has 49 heavy (non-hydrogen) atoms. The van der Waals surface area contributed by atoms with E-state index in [1.165, 1.54) is 11.8 Å². The normalized spacial score (nSPS) is 12.8. The molecule has 240 valence electrons. The molecule has 7 rings (SSSR count). The van der Waals surface area contributed by atoms with Gasteiger partial charge in [0.15, 0.2) is 0 Å². The Bertz CT molecular complexity index is 2180. The van der Waals surface area contributed by atoms with E-state index in [9.17, 15) is 14.4 Å². The number of para-hydroxylation sites is 2. The molecule has 1 aliphatic heterocycles. The van der Waals surface area contributed by atoms with Gasteiger partial charge in [0.05, 0.1) is 16.6 Å². The van der Waals surface area contributed by atoms with Crippen molar-refractivity contribution in [3.8, 4) is 0 Å². The van der Waals surface area contributed by atoms with Crippen LogP contribution in [0.5, 0.6) is 0 Å². The Kier molecular flexibility index (Phi) is 9.32. The Morgan fingerprint density at radius 3 is 2.10 bits per heavy atom. The fourth-order valence-corrected chi connectivity index (χ4v) is 7.72. The highest BCUT2D eigenvalue weighted by Gasteiger charge is 2.31. The first-order valence-electron chi connectivity index (χ1n) is 15.8. The first-order chi connectivity index (χ1) is 23.9. The molecule has 2 N–H and O–H groups in total. The number of amides is 3. The molecule has 0 radical (unpaired) electrons. The standard InChI is InChI=1S/C41H31N3O3S2/c1-27(41(47)44-35-21-7-9-23-37(35)49-38-24-10-8-22-36(38)44)48-32-19-12-18-31(26-32)42-40(46)34(43-39(45)29-14-3-2-4-15-29)25-30-17-11-16-28-13-5-6-20-33(28)30/h2-27H,1H3,(H,42,46)(H,43,45)/b34-25-. The van der Waals surface area contributed by atoms with Crippen molar-refractivity contribution in [3.63, 3.8) is 0 Å². The molecule has 0 aromatic heterocycles. The van der Waals surface area contributed by atoms with Gasteiger partial charge in [0.1, 0.15) is 5.70 Å². The third kappa shape index (κ3) is 7.02. The lowest BCUT2D eigenvalue weighted by atomic mass is 10.0. The Morgan fingerprint density at radius 2 is 1.35 bits per heavy atom. The maximum atomic E-state index is 14.0. The van der Waals surface area contributed by atoms with Gasteiger partial charge in [0.2, 0.25) is 5.91 Å². The number of hydrogen-bond donors (Lipinski definition) is 2. The van der Waals surface area contributed by atoms with E-state index in [0.717, 1.165) is 42.4 Å². The number of benzene rings is 6. The van der Waals surface area contributed by atoms with Gasteiger partial charge < -0.3 is 10.6 Å². The maximum absolute atomic E-state index is 14.0. The summed E-state index contributed by atoms with van der Waals surface area (Å²) in [7, 11) is 0. The highest BCUT2D eigenvalue weighted by Crippen LogP contribution is 2.48. The summed E-state index contributed by atoms with van der Waals surface area (Å²) < 4.78 is 0. The number of hydrogen-bond acceptors (Lipinski definition) is 5. The SMILES string of the molecule is CC(Sc1cccc(NC(=O)/C(=C/c2cccc3ccccc23)NC(=O)c2ccccc2)c1)C(=O)N1c2ccccc2Sc2ccccc21. The number of anilines is 3. The average Bonchev–Trinajstić information content (AvgIpc) is 3.13. The van der Waals surface area contributed by atoms with Crippen molar-refractivity contribution in [3.05, 3.63) is 162 Å². The molecule has 0 bridgehead atoms. The van der Waals surface area contributed by atoms with Crippen molar-refractivity contribution in [2.75, 3.05) is 10.2 Å². The minimum Gasteiger partial charge on any atom is -0.321 e. The van der Waals surface area contributed by atoms with Crippen LogP contribution in [0.1, 0.15) is 22.8 Å². The van der Waals surface area contributed by atoms with Crippen LogP contribution in [-0.4, -0.2) is 23.0 Å². The first kappa shape index (κ1) is 32.0. The summed E-state index contributed by atoms with van der Waals surface area (Å²) in [6.45, 7) is 1.90. The van der Waals surface area contributed by atoms with Crippen molar-refractivity contribution < 1.29 is 14.4 Å². The third-order valence-corrected chi connectivity index (χ3v) is 10.3. The summed E-state index contributed by atoms with van der Waals surface area (Å²) in [4.78, 5) is 45.8. The average molecular weight is 678 g/mol. The topological polar surface area (TPSA) is 78.5 Å². The largest absolute Gasteiger partial charge is 0.321 e. The third-order valence-electron chi connectivity index (χ3n) is 8.06. The fraction of sp³-hybridized carbons (Fsp3) is 0.0488. The van der Waals surface area contributed by atoms with Crippen LogP contribution in [0.4, 0.5) is 17.1 Å². The lowest BCUT2D eigenvalue weighted by Crippen LogP contribution is -2.34. The van der Waals surface area contributed by atoms with E-state index in [0.29, 0.717) is 11.3 Å². The molecule has 6 aromatic carbocycles. The van der Waals surface area contributed by atoms with E-state index in [-0.39, 0.29) is 11.6 Å². The Hall–Kier alpha value is -5.57. The van der Waals surface area contributed by atoms with E-state index in [4.69, 9.17) is 0 Å². The monoisotopic (exact) mass is 677 g/mol. The maximum Gasteiger partial charge on any atom is 0.272 e. The number of fused-ring (bicyclic) bond motifs is 3. The summed E-state index contributed by atoms with van der Waals surface area (Å²) in [6.07, 6.45) is 1.70. The van der Waals surface area contributed by atoms with Gasteiger partial charge in [-0.3, -0.25) is 19.3 Å². The Morgan fingerprint density at radius 1 is 0.714 bits per heavy atom. The zero-order chi connectivity index (χ0) is 33.7. The number of nitrogens with zero attached hydrogens (tertiary/aromatic N) is 1. The summed E-state index contributed by atoms with van der Waals surface area (Å²) in [5, 5.41) is 7.35. The molecule has 1 heterocycles. The minimum absolute atomic E-state index is 0.0384. The predicted molar refractivity (Wildman–Crippen MR) is 200 cm³/mol. The molecule has 0 fully saturated rings. The van der Waals surface area contributed by atoms with Crippen LogP contribution in [-0.2, 0) is 9.59 Å². The van der Waals surface area contributed by atoms with E-state index in [1.54, 1.807) is 48.2 Å². The lowest BCUT2D eigenvalue weighted by molar-refractivity contribution is -0.117. The molecule has 1 unspecified atom stereocenters. The molecule has 1 aliphatic rings. The van der Waals surface area contributed by atoms with E-state index < -0.39 is 17.1 Å². The Balaban J connectivity index is 1.13. The molecule has 0 saturated heterocycles. The number of rotatable bonds is 8. The summed E-state index contributed by atoms with van der Waals surface area (Å²) in [6, 6.07) is 45.8. The second kappa shape index (κ2) is 14.3. The van der Waals surface area contributed by atoms with Gasteiger partial charge in [-0.15, -0.1) is 11.8 Å². The van der Waals surface area contributed by atoms with Crippen molar-refractivity contribution in [2.24, 2.45) is 0 Å². The molecule has 1 atom stereocenters. The summed E-state index contributed by atoms with van der Waals surface area (Å²) >= 11 is 3.08. The fourth-order valence-electron chi connectivity index (χ4n) is 5.70. The predicted octanol–water partition coefficient (Wildman–Crippen LogP) is 9.56. The summed E-state index contributed by atoms with van der Waals surface area (Å²) in [5.74, 6) is -0.899. The molecular formula is C41H31N3O3S2. The number of carbonyl (C=O) groups is 3.